The van der Waals surface area contributed by atoms with E-state index in [4.69, 9.17) is 0 Å². The van der Waals surface area contributed by atoms with Crippen molar-refractivity contribution in [2.45, 2.75) is 65.5 Å². The summed E-state index contributed by atoms with van der Waals surface area (Å²) in [5, 5.41) is 9.77. The number of amides is 2. The van der Waals surface area contributed by atoms with E-state index in [9.17, 15) is 9.59 Å². The van der Waals surface area contributed by atoms with Crippen molar-refractivity contribution in [3.63, 3.8) is 0 Å². The lowest BCUT2D eigenvalue weighted by atomic mass is 9.86. The van der Waals surface area contributed by atoms with E-state index in [-0.39, 0.29) is 22.8 Å². The Morgan fingerprint density at radius 2 is 1.63 bits per heavy atom. The van der Waals surface area contributed by atoms with Crippen LogP contribution in [0.2, 0.25) is 0 Å². The molecule has 6 nitrogen and oxygen atoms in total. The van der Waals surface area contributed by atoms with Crippen molar-refractivity contribution in [1.82, 2.24) is 15.1 Å². The maximum atomic E-state index is 12.4. The summed E-state index contributed by atoms with van der Waals surface area (Å²) in [6.45, 7) is 14.1. The number of carbonyl (C=O) groups excluding carboxylic acids is 2. The van der Waals surface area contributed by atoms with Crippen LogP contribution in [-0.2, 0) is 15.7 Å². The zero-order valence-electron chi connectivity index (χ0n) is 17.3. The van der Waals surface area contributed by atoms with E-state index >= 15 is 0 Å². The Kier molecular flexibility index (Phi) is 5.78. The van der Waals surface area contributed by atoms with E-state index in [2.05, 4.69) is 36.5 Å². The number of rotatable bonds is 4. The molecule has 1 aromatic heterocycles. The second kappa shape index (κ2) is 7.55. The van der Waals surface area contributed by atoms with Gasteiger partial charge in [0.2, 0.25) is 5.91 Å². The molecule has 0 saturated heterocycles. The molecule has 0 aliphatic carbocycles. The van der Waals surface area contributed by atoms with E-state index in [1.165, 1.54) is 0 Å². The molecule has 0 saturated carbocycles. The first-order valence-corrected chi connectivity index (χ1v) is 9.15. The molecule has 1 atom stereocenters. The Morgan fingerprint density at radius 1 is 1.04 bits per heavy atom. The SMILES string of the molecule is CC(NC(=O)c1ccc(C(C)(C)C)cc1)C(=O)Nc1cnn(C(C)(C)C)c1. The third-order valence-corrected chi connectivity index (χ3v) is 4.29. The highest BCUT2D eigenvalue weighted by atomic mass is 16.2. The topological polar surface area (TPSA) is 76.0 Å². The molecule has 0 spiro atoms. The molecule has 6 heteroatoms. The first-order chi connectivity index (χ1) is 12.4. The average Bonchev–Trinajstić information content (AvgIpc) is 3.02. The van der Waals surface area contributed by atoms with E-state index < -0.39 is 6.04 Å². The van der Waals surface area contributed by atoms with Crippen LogP contribution in [0.5, 0.6) is 0 Å². The molecule has 2 N–H and O–H groups in total. The fourth-order valence-electron chi connectivity index (χ4n) is 2.47. The van der Waals surface area contributed by atoms with Gasteiger partial charge in [-0.2, -0.15) is 5.10 Å². The van der Waals surface area contributed by atoms with Crippen molar-refractivity contribution in [2.75, 3.05) is 5.32 Å². The average molecular weight is 370 g/mol. The minimum absolute atomic E-state index is 0.0275. The molecule has 2 rings (SSSR count). The van der Waals surface area contributed by atoms with Gasteiger partial charge in [0.25, 0.3) is 5.91 Å². The fourth-order valence-corrected chi connectivity index (χ4v) is 2.47. The largest absolute Gasteiger partial charge is 0.341 e. The third-order valence-electron chi connectivity index (χ3n) is 4.29. The second-order valence-electron chi connectivity index (χ2n) is 8.86. The molecule has 1 unspecified atom stereocenters. The van der Waals surface area contributed by atoms with Crippen molar-refractivity contribution in [3.05, 3.63) is 47.8 Å². The van der Waals surface area contributed by atoms with E-state index in [0.717, 1.165) is 5.56 Å². The number of benzene rings is 1. The number of hydrogen-bond acceptors (Lipinski definition) is 3. The number of hydrogen-bond donors (Lipinski definition) is 2. The van der Waals surface area contributed by atoms with Crippen LogP contribution in [0.25, 0.3) is 0 Å². The van der Waals surface area contributed by atoms with Crippen LogP contribution in [0.3, 0.4) is 0 Å². The van der Waals surface area contributed by atoms with Crippen molar-refractivity contribution >= 4 is 17.5 Å². The van der Waals surface area contributed by atoms with Crippen LogP contribution in [0.15, 0.2) is 36.7 Å². The maximum absolute atomic E-state index is 12.4. The third kappa shape index (κ3) is 5.42. The molecule has 146 valence electrons. The van der Waals surface area contributed by atoms with Crippen molar-refractivity contribution in [1.29, 1.82) is 0 Å². The van der Waals surface area contributed by atoms with Gasteiger partial charge in [-0.3, -0.25) is 14.3 Å². The van der Waals surface area contributed by atoms with Crippen LogP contribution in [-0.4, -0.2) is 27.6 Å². The lowest BCUT2D eigenvalue weighted by molar-refractivity contribution is -0.117. The predicted molar refractivity (Wildman–Crippen MR) is 108 cm³/mol. The molecular weight excluding hydrogens is 340 g/mol. The Bertz CT molecular complexity index is 808. The summed E-state index contributed by atoms with van der Waals surface area (Å²) in [6.07, 6.45) is 3.38. The molecule has 2 amide bonds. The highest BCUT2D eigenvalue weighted by molar-refractivity contribution is 6.00. The van der Waals surface area contributed by atoms with Crippen LogP contribution in [0, 0.1) is 0 Å². The molecule has 0 aliphatic rings. The summed E-state index contributed by atoms with van der Waals surface area (Å²) in [5.41, 5.74) is 2.15. The van der Waals surface area contributed by atoms with Crippen LogP contribution < -0.4 is 10.6 Å². The van der Waals surface area contributed by atoms with Crippen LogP contribution in [0.1, 0.15) is 64.4 Å². The number of nitrogens with one attached hydrogen (secondary N) is 2. The smallest absolute Gasteiger partial charge is 0.251 e. The summed E-state index contributed by atoms with van der Waals surface area (Å²) in [6, 6.07) is 6.79. The minimum atomic E-state index is -0.669. The lowest BCUT2D eigenvalue weighted by Crippen LogP contribution is -2.41. The lowest BCUT2D eigenvalue weighted by Gasteiger charge is -2.19. The summed E-state index contributed by atoms with van der Waals surface area (Å²) in [7, 11) is 0. The molecule has 0 aliphatic heterocycles. The molecule has 0 radical (unpaired) electrons. The molecule has 1 heterocycles. The van der Waals surface area contributed by atoms with Crippen molar-refractivity contribution in [3.8, 4) is 0 Å². The summed E-state index contributed by atoms with van der Waals surface area (Å²) < 4.78 is 1.78. The van der Waals surface area contributed by atoms with Crippen molar-refractivity contribution in [2.24, 2.45) is 0 Å². The molecule has 1 aromatic carbocycles. The van der Waals surface area contributed by atoms with Gasteiger partial charge in [0.1, 0.15) is 6.04 Å². The number of anilines is 1. The van der Waals surface area contributed by atoms with Gasteiger partial charge in [0.05, 0.1) is 17.4 Å². The first kappa shape index (κ1) is 20.7. The molecule has 0 bridgehead atoms. The van der Waals surface area contributed by atoms with Gasteiger partial charge in [-0.15, -0.1) is 0 Å². The second-order valence-corrected chi connectivity index (χ2v) is 8.86. The van der Waals surface area contributed by atoms with Gasteiger partial charge in [0, 0.05) is 11.8 Å². The number of aromatic nitrogens is 2. The predicted octanol–water partition coefficient (Wildman–Crippen LogP) is 3.69. The van der Waals surface area contributed by atoms with Gasteiger partial charge in [-0.1, -0.05) is 32.9 Å². The maximum Gasteiger partial charge on any atom is 0.251 e. The standard InChI is InChI=1S/C21H30N4O2/c1-14(18(26)24-17-12-22-25(13-17)21(5,6)7)23-19(27)15-8-10-16(11-9-15)20(2,3)4/h8-14H,1-7H3,(H,23,27)(H,24,26). The summed E-state index contributed by atoms with van der Waals surface area (Å²) >= 11 is 0. The normalized spacial score (nSPS) is 13.1. The Labute approximate surface area is 161 Å². The Morgan fingerprint density at radius 3 is 2.11 bits per heavy atom. The van der Waals surface area contributed by atoms with Gasteiger partial charge in [-0.25, -0.2) is 0 Å². The van der Waals surface area contributed by atoms with Gasteiger partial charge in [-0.05, 0) is 50.8 Å². The minimum Gasteiger partial charge on any atom is -0.341 e. The first-order valence-electron chi connectivity index (χ1n) is 9.15. The molecule has 2 aromatic rings. The molecule has 0 fully saturated rings. The molecule has 27 heavy (non-hydrogen) atoms. The molecular formula is C21H30N4O2. The summed E-state index contributed by atoms with van der Waals surface area (Å²) in [5.74, 6) is -0.563. The quantitative estimate of drug-likeness (QED) is 0.862. The van der Waals surface area contributed by atoms with E-state index in [0.29, 0.717) is 11.3 Å². The zero-order valence-corrected chi connectivity index (χ0v) is 17.3. The monoisotopic (exact) mass is 370 g/mol. The highest BCUT2D eigenvalue weighted by Crippen LogP contribution is 2.22. The van der Waals surface area contributed by atoms with E-state index in [1.54, 1.807) is 36.1 Å². The van der Waals surface area contributed by atoms with Crippen LogP contribution >= 0.6 is 0 Å². The van der Waals surface area contributed by atoms with Gasteiger partial charge in [0.15, 0.2) is 0 Å². The van der Waals surface area contributed by atoms with Gasteiger partial charge < -0.3 is 10.6 Å². The Balaban J connectivity index is 1.97. The fraction of sp³-hybridized carbons (Fsp3) is 0.476. The zero-order chi connectivity index (χ0) is 20.4. The van der Waals surface area contributed by atoms with Crippen molar-refractivity contribution < 1.29 is 9.59 Å². The Hall–Kier alpha value is -2.63. The van der Waals surface area contributed by atoms with E-state index in [1.807, 2.05) is 32.9 Å². The number of carbonyl (C=O) groups is 2. The highest BCUT2D eigenvalue weighted by Gasteiger charge is 2.20. The van der Waals surface area contributed by atoms with Gasteiger partial charge >= 0.3 is 0 Å². The van der Waals surface area contributed by atoms with Crippen LogP contribution in [0.4, 0.5) is 5.69 Å². The summed E-state index contributed by atoms with van der Waals surface area (Å²) in [4.78, 5) is 24.8. The number of nitrogens with zero attached hydrogens (tertiary/aromatic N) is 2.